The highest BCUT2D eigenvalue weighted by molar-refractivity contribution is 6.04. The first-order valence-corrected chi connectivity index (χ1v) is 5.31. The van der Waals surface area contributed by atoms with Gasteiger partial charge in [0, 0.05) is 11.6 Å². The molecule has 0 aliphatic heterocycles. The van der Waals surface area contributed by atoms with Crippen molar-refractivity contribution in [3.63, 3.8) is 0 Å². The van der Waals surface area contributed by atoms with Gasteiger partial charge in [-0.15, -0.1) is 0 Å². The molecule has 2 aromatic rings. The number of rotatable bonds is 3. The van der Waals surface area contributed by atoms with Crippen LogP contribution in [0.25, 0.3) is 0 Å². The highest BCUT2D eigenvalue weighted by Gasteiger charge is 2.34. The summed E-state index contributed by atoms with van der Waals surface area (Å²) in [4.78, 5) is 11.8. The number of hydrogen-bond donors (Lipinski definition) is 3. The largest absolute Gasteiger partial charge is 0.418 e. The molecule has 106 valence electrons. The van der Waals surface area contributed by atoms with Gasteiger partial charge in [-0.1, -0.05) is 5.16 Å². The van der Waals surface area contributed by atoms with Gasteiger partial charge in [0.25, 0.3) is 5.91 Å². The number of carbonyl (C=O) groups excluding carboxylic acids is 1. The first kappa shape index (κ1) is 13.9. The molecule has 0 radical (unpaired) electrons. The van der Waals surface area contributed by atoms with Crippen molar-refractivity contribution in [3.05, 3.63) is 41.7 Å². The van der Waals surface area contributed by atoms with Crippen molar-refractivity contribution in [2.75, 3.05) is 10.7 Å². The Kier molecular flexibility index (Phi) is 3.61. The quantitative estimate of drug-likeness (QED) is 0.594. The monoisotopic (exact) mass is 286 g/mol. The summed E-state index contributed by atoms with van der Waals surface area (Å²) < 4.78 is 42.9. The lowest BCUT2D eigenvalue weighted by Gasteiger charge is -2.13. The number of aromatic nitrogens is 1. The van der Waals surface area contributed by atoms with Crippen LogP contribution in [0.3, 0.4) is 0 Å². The molecule has 0 fully saturated rings. The number of nitrogens with one attached hydrogen (secondary N) is 2. The lowest BCUT2D eigenvalue weighted by Crippen LogP contribution is -2.18. The van der Waals surface area contributed by atoms with E-state index in [0.717, 1.165) is 6.07 Å². The minimum Gasteiger partial charge on any atom is -0.363 e. The predicted molar refractivity (Wildman–Crippen MR) is 63.7 cm³/mol. The third-order valence-electron chi connectivity index (χ3n) is 2.42. The lowest BCUT2D eigenvalue weighted by molar-refractivity contribution is -0.137. The molecule has 4 N–H and O–H groups in total. The molecule has 0 unspecified atom stereocenters. The van der Waals surface area contributed by atoms with Gasteiger partial charge in [-0.3, -0.25) is 10.6 Å². The Hall–Kier alpha value is -2.55. The van der Waals surface area contributed by atoms with Crippen LogP contribution in [0.2, 0.25) is 0 Å². The van der Waals surface area contributed by atoms with Gasteiger partial charge < -0.3 is 15.3 Å². The molecule has 20 heavy (non-hydrogen) atoms. The van der Waals surface area contributed by atoms with Crippen LogP contribution >= 0.6 is 0 Å². The second kappa shape index (κ2) is 5.21. The second-order valence-corrected chi connectivity index (χ2v) is 3.74. The maximum absolute atomic E-state index is 12.8. The van der Waals surface area contributed by atoms with E-state index < -0.39 is 17.6 Å². The molecule has 0 spiro atoms. The Morgan fingerprint density at radius 2 is 2.05 bits per heavy atom. The molecule has 9 heteroatoms. The number of nitrogens with zero attached hydrogens (tertiary/aromatic N) is 1. The van der Waals surface area contributed by atoms with Crippen molar-refractivity contribution in [1.82, 2.24) is 5.16 Å². The zero-order valence-electron chi connectivity index (χ0n) is 9.86. The number of nitrogen functional groups attached to an aromatic ring is 1. The first-order chi connectivity index (χ1) is 9.41. The van der Waals surface area contributed by atoms with Crippen molar-refractivity contribution >= 4 is 17.4 Å². The number of alkyl halides is 3. The third-order valence-corrected chi connectivity index (χ3v) is 2.42. The third kappa shape index (κ3) is 2.88. The molecule has 2 rings (SSSR count). The maximum Gasteiger partial charge on any atom is 0.418 e. The van der Waals surface area contributed by atoms with Crippen molar-refractivity contribution in [2.45, 2.75) is 6.18 Å². The van der Waals surface area contributed by atoms with E-state index in [1.807, 2.05) is 5.43 Å². The SMILES string of the molecule is NNc1ccc(C(=O)Nc2ccon2)cc1C(F)(F)F. The number of amides is 1. The van der Waals surface area contributed by atoms with Crippen LogP contribution in [0.5, 0.6) is 0 Å². The van der Waals surface area contributed by atoms with Crippen LogP contribution in [0.1, 0.15) is 15.9 Å². The van der Waals surface area contributed by atoms with Gasteiger partial charge in [-0.2, -0.15) is 13.2 Å². The molecule has 0 saturated heterocycles. The molecule has 1 aromatic carbocycles. The number of halogens is 3. The standard InChI is InChI=1S/C11H9F3N4O2/c12-11(13,14)7-5-6(1-2-8(7)17-15)10(19)16-9-3-4-20-18-9/h1-5,17H,15H2,(H,16,18,19). The molecule has 0 aliphatic rings. The number of benzene rings is 1. The van der Waals surface area contributed by atoms with Gasteiger partial charge in [-0.25, -0.2) is 0 Å². The maximum atomic E-state index is 12.8. The van der Waals surface area contributed by atoms with Crippen molar-refractivity contribution in [2.24, 2.45) is 5.84 Å². The van der Waals surface area contributed by atoms with Crippen molar-refractivity contribution in [3.8, 4) is 0 Å². The predicted octanol–water partition coefficient (Wildman–Crippen LogP) is 2.23. The first-order valence-electron chi connectivity index (χ1n) is 5.31. The fourth-order valence-corrected chi connectivity index (χ4v) is 1.51. The van der Waals surface area contributed by atoms with E-state index in [0.29, 0.717) is 6.07 Å². The molecule has 0 atom stereocenters. The molecular weight excluding hydrogens is 277 g/mol. The van der Waals surface area contributed by atoms with Crippen LogP contribution in [-0.2, 0) is 6.18 Å². The fourth-order valence-electron chi connectivity index (χ4n) is 1.51. The number of hydrazine groups is 1. The molecule has 1 amide bonds. The summed E-state index contributed by atoms with van der Waals surface area (Å²) in [5.74, 6) is 4.37. The van der Waals surface area contributed by atoms with Gasteiger partial charge in [0.2, 0.25) is 0 Å². The fraction of sp³-hybridized carbons (Fsp3) is 0.0909. The summed E-state index contributed by atoms with van der Waals surface area (Å²) in [6.45, 7) is 0. The van der Waals surface area contributed by atoms with Gasteiger partial charge in [0.1, 0.15) is 6.26 Å². The minimum atomic E-state index is -4.63. The minimum absolute atomic E-state index is 0.101. The Morgan fingerprint density at radius 1 is 1.30 bits per heavy atom. The van der Waals surface area contributed by atoms with E-state index in [-0.39, 0.29) is 17.1 Å². The average molecular weight is 286 g/mol. The van der Waals surface area contributed by atoms with Crippen LogP contribution in [0.15, 0.2) is 35.1 Å². The summed E-state index contributed by atoms with van der Waals surface area (Å²) in [5, 5.41) is 5.72. The number of anilines is 2. The van der Waals surface area contributed by atoms with Crippen LogP contribution in [0, 0.1) is 0 Å². The highest BCUT2D eigenvalue weighted by Crippen LogP contribution is 2.35. The summed E-state index contributed by atoms with van der Waals surface area (Å²) in [6, 6.07) is 4.34. The molecule has 0 aliphatic carbocycles. The Balaban J connectivity index is 2.31. The lowest BCUT2D eigenvalue weighted by atomic mass is 10.1. The Bertz CT molecular complexity index is 611. The number of carbonyl (C=O) groups is 1. The topological polar surface area (TPSA) is 93.2 Å². The smallest absolute Gasteiger partial charge is 0.363 e. The van der Waals surface area contributed by atoms with Gasteiger partial charge in [-0.05, 0) is 18.2 Å². The average Bonchev–Trinajstić information content (AvgIpc) is 2.89. The van der Waals surface area contributed by atoms with Gasteiger partial charge in [0.05, 0.1) is 11.3 Å². The zero-order valence-corrected chi connectivity index (χ0v) is 9.86. The summed E-state index contributed by atoms with van der Waals surface area (Å²) in [5.41, 5.74) is 0.396. The number of hydrogen-bond acceptors (Lipinski definition) is 5. The summed E-state index contributed by atoms with van der Waals surface area (Å²) in [7, 11) is 0. The van der Waals surface area contributed by atoms with Crippen molar-refractivity contribution in [1.29, 1.82) is 0 Å². The van der Waals surface area contributed by atoms with Crippen LogP contribution in [0.4, 0.5) is 24.7 Å². The second-order valence-electron chi connectivity index (χ2n) is 3.74. The van der Waals surface area contributed by atoms with E-state index in [9.17, 15) is 18.0 Å². The van der Waals surface area contributed by atoms with E-state index in [4.69, 9.17) is 5.84 Å². The van der Waals surface area contributed by atoms with Gasteiger partial charge >= 0.3 is 6.18 Å². The molecule has 6 nitrogen and oxygen atoms in total. The van der Waals surface area contributed by atoms with E-state index in [1.54, 1.807) is 0 Å². The molecular formula is C11H9F3N4O2. The van der Waals surface area contributed by atoms with Gasteiger partial charge in [0.15, 0.2) is 5.82 Å². The van der Waals surface area contributed by atoms with Crippen molar-refractivity contribution < 1.29 is 22.5 Å². The highest BCUT2D eigenvalue weighted by atomic mass is 19.4. The molecule has 1 heterocycles. The van der Waals surface area contributed by atoms with E-state index in [1.165, 1.54) is 18.4 Å². The Morgan fingerprint density at radius 3 is 2.60 bits per heavy atom. The van der Waals surface area contributed by atoms with E-state index in [2.05, 4.69) is 15.0 Å². The molecule has 1 aromatic heterocycles. The van der Waals surface area contributed by atoms with Crippen LogP contribution in [-0.4, -0.2) is 11.1 Å². The Labute approximate surface area is 110 Å². The number of nitrogens with two attached hydrogens (primary N) is 1. The molecule has 0 bridgehead atoms. The zero-order chi connectivity index (χ0) is 14.8. The van der Waals surface area contributed by atoms with Crippen LogP contribution < -0.4 is 16.6 Å². The van der Waals surface area contributed by atoms with E-state index >= 15 is 0 Å². The normalized spacial score (nSPS) is 11.2. The summed E-state index contributed by atoms with van der Waals surface area (Å²) >= 11 is 0. The molecule has 0 saturated carbocycles. The summed E-state index contributed by atoms with van der Waals surface area (Å²) in [6.07, 6.45) is -3.41.